The number of fused-ring (bicyclic) bond motifs is 2. The molecule has 4 aromatic rings. The summed E-state index contributed by atoms with van der Waals surface area (Å²) in [5.74, 6) is -0.426. The van der Waals surface area contributed by atoms with Crippen LogP contribution >= 0.6 is 11.3 Å². The second-order valence-electron chi connectivity index (χ2n) is 9.00. The van der Waals surface area contributed by atoms with Gasteiger partial charge in [-0.05, 0) is 43.4 Å². The van der Waals surface area contributed by atoms with E-state index in [0.29, 0.717) is 16.1 Å². The van der Waals surface area contributed by atoms with Gasteiger partial charge in [-0.25, -0.2) is 9.99 Å². The van der Waals surface area contributed by atoms with E-state index in [0.717, 1.165) is 59.8 Å². The molecule has 0 saturated heterocycles. The third-order valence-corrected chi connectivity index (χ3v) is 7.44. The predicted octanol–water partition coefficient (Wildman–Crippen LogP) is 5.69. The number of aryl methyl sites for hydroxylation is 1. The summed E-state index contributed by atoms with van der Waals surface area (Å²) < 4.78 is 0. The molecule has 178 valence electrons. The first kappa shape index (κ1) is 23.2. The van der Waals surface area contributed by atoms with Crippen LogP contribution < -0.4 is 10.7 Å². The number of carbonyl (C=O) groups excluding carboxylic acids is 2. The number of thiophene rings is 1. The number of nitrogens with one attached hydrogen (secondary N) is 2. The summed E-state index contributed by atoms with van der Waals surface area (Å²) in [5.41, 5.74) is 7.52. The number of amides is 2. The molecule has 0 aliphatic heterocycles. The van der Waals surface area contributed by atoms with Gasteiger partial charge in [0.25, 0.3) is 11.8 Å². The van der Waals surface area contributed by atoms with Crippen molar-refractivity contribution in [2.24, 2.45) is 0 Å². The number of benzene rings is 2. The Labute approximate surface area is 209 Å². The monoisotopic (exact) mass is 484 g/mol. The van der Waals surface area contributed by atoms with E-state index in [4.69, 9.17) is 4.98 Å². The van der Waals surface area contributed by atoms with Crippen molar-refractivity contribution in [3.63, 3.8) is 0 Å². The van der Waals surface area contributed by atoms with E-state index in [1.54, 1.807) is 19.1 Å². The summed E-state index contributed by atoms with van der Waals surface area (Å²) in [5, 5.41) is 6.13. The molecule has 2 N–H and O–H groups in total. The third-order valence-electron chi connectivity index (χ3n) is 6.23. The second-order valence-corrected chi connectivity index (χ2v) is 10.1. The van der Waals surface area contributed by atoms with Crippen LogP contribution in [0.3, 0.4) is 0 Å². The minimum Gasteiger partial charge on any atom is -0.313 e. The van der Waals surface area contributed by atoms with Crippen LogP contribution in [0.5, 0.6) is 0 Å². The Morgan fingerprint density at radius 1 is 0.914 bits per heavy atom. The van der Waals surface area contributed by atoms with Crippen LogP contribution in [0.15, 0.2) is 60.7 Å². The molecule has 0 unspecified atom stereocenters. The van der Waals surface area contributed by atoms with Gasteiger partial charge in [0.15, 0.2) is 0 Å². The highest BCUT2D eigenvalue weighted by atomic mass is 32.1. The molecule has 1 aliphatic carbocycles. The highest BCUT2D eigenvalue weighted by Crippen LogP contribution is 2.38. The molecule has 2 heterocycles. The Kier molecular flexibility index (Phi) is 6.61. The van der Waals surface area contributed by atoms with Crippen molar-refractivity contribution in [3.8, 4) is 11.3 Å². The average Bonchev–Trinajstić information content (AvgIpc) is 3.03. The molecule has 6 nitrogen and oxygen atoms in total. The molecule has 0 fully saturated rings. The quantitative estimate of drug-likeness (QED) is 0.282. The molecule has 0 radical (unpaired) electrons. The summed E-state index contributed by atoms with van der Waals surface area (Å²) in [6.45, 7) is 0. The van der Waals surface area contributed by atoms with Crippen LogP contribution in [0, 0.1) is 0 Å². The zero-order valence-corrected chi connectivity index (χ0v) is 20.7. The van der Waals surface area contributed by atoms with Gasteiger partial charge in [-0.2, -0.15) is 0 Å². The second kappa shape index (κ2) is 9.98. The molecule has 5 rings (SSSR count). The van der Waals surface area contributed by atoms with Gasteiger partial charge >= 0.3 is 0 Å². The molecule has 0 spiro atoms. The van der Waals surface area contributed by atoms with Crippen LogP contribution in [-0.2, 0) is 12.8 Å². The van der Waals surface area contributed by atoms with E-state index < -0.39 is 0 Å². The van der Waals surface area contributed by atoms with Crippen molar-refractivity contribution in [3.05, 3.63) is 82.2 Å². The largest absolute Gasteiger partial charge is 0.313 e. The predicted molar refractivity (Wildman–Crippen MR) is 142 cm³/mol. The van der Waals surface area contributed by atoms with Crippen LogP contribution in [0.1, 0.15) is 50.4 Å². The highest BCUT2D eigenvalue weighted by molar-refractivity contribution is 7.17. The van der Waals surface area contributed by atoms with Crippen molar-refractivity contribution in [1.82, 2.24) is 15.4 Å². The van der Waals surface area contributed by atoms with Gasteiger partial charge in [0.1, 0.15) is 5.00 Å². The molecule has 0 saturated carbocycles. The van der Waals surface area contributed by atoms with E-state index in [9.17, 15) is 9.59 Å². The van der Waals surface area contributed by atoms with E-state index in [-0.39, 0.29) is 11.8 Å². The molecule has 2 aromatic carbocycles. The lowest BCUT2D eigenvalue weighted by atomic mass is 10.0. The molecule has 0 bridgehead atoms. The Balaban J connectivity index is 1.57. The summed E-state index contributed by atoms with van der Waals surface area (Å²) in [7, 11) is 3.57. The van der Waals surface area contributed by atoms with E-state index >= 15 is 0 Å². The van der Waals surface area contributed by atoms with Gasteiger partial charge in [-0.15, -0.1) is 11.3 Å². The van der Waals surface area contributed by atoms with E-state index in [1.807, 2.05) is 60.7 Å². The lowest BCUT2D eigenvalue weighted by molar-refractivity contribution is 0.0857. The van der Waals surface area contributed by atoms with Gasteiger partial charge in [0.2, 0.25) is 0 Å². The number of anilines is 1. The number of carbonyl (C=O) groups is 2. The molecule has 2 amide bonds. The van der Waals surface area contributed by atoms with Gasteiger partial charge in [0.05, 0.1) is 22.3 Å². The number of pyridine rings is 1. The van der Waals surface area contributed by atoms with Crippen molar-refractivity contribution >= 4 is 39.1 Å². The molecule has 1 aliphatic rings. The van der Waals surface area contributed by atoms with Crippen LogP contribution in [0.4, 0.5) is 5.00 Å². The molecular weight excluding hydrogens is 456 g/mol. The lowest BCUT2D eigenvalue weighted by Crippen LogP contribution is -2.36. The number of hydrogen-bond acceptors (Lipinski definition) is 5. The maximum atomic E-state index is 13.7. The summed E-state index contributed by atoms with van der Waals surface area (Å²) in [4.78, 5) is 32.9. The lowest BCUT2D eigenvalue weighted by Gasteiger charge is -2.15. The number of aromatic nitrogens is 1. The molecule has 0 atom stereocenters. The first-order chi connectivity index (χ1) is 17.0. The fourth-order valence-corrected chi connectivity index (χ4v) is 5.90. The number of rotatable bonds is 5. The fourth-order valence-electron chi connectivity index (χ4n) is 4.62. The van der Waals surface area contributed by atoms with Gasteiger partial charge in [-0.1, -0.05) is 55.0 Å². The van der Waals surface area contributed by atoms with Gasteiger partial charge < -0.3 is 5.32 Å². The number of hydrogen-bond donors (Lipinski definition) is 2. The van der Waals surface area contributed by atoms with Gasteiger partial charge in [0, 0.05) is 29.9 Å². The molecular formula is C28H28N4O2S. The number of nitrogens with zero attached hydrogens (tertiary/aromatic N) is 2. The summed E-state index contributed by atoms with van der Waals surface area (Å²) in [6.07, 6.45) is 5.10. The van der Waals surface area contributed by atoms with E-state index in [2.05, 4.69) is 10.7 Å². The van der Waals surface area contributed by atoms with Crippen LogP contribution in [-0.4, -0.2) is 35.9 Å². The smallest absolute Gasteiger partial charge is 0.268 e. The molecule has 7 heteroatoms. The normalized spacial score (nSPS) is 13.3. The summed E-state index contributed by atoms with van der Waals surface area (Å²) in [6, 6.07) is 19.3. The zero-order chi connectivity index (χ0) is 24.4. The van der Waals surface area contributed by atoms with E-state index in [1.165, 1.54) is 16.2 Å². The highest BCUT2D eigenvalue weighted by Gasteiger charge is 2.27. The molecule has 35 heavy (non-hydrogen) atoms. The Hall–Kier alpha value is -3.55. The average molecular weight is 485 g/mol. The fraction of sp³-hybridized carbons (Fsp3) is 0.250. The maximum absolute atomic E-state index is 13.7. The van der Waals surface area contributed by atoms with Crippen LogP contribution in [0.2, 0.25) is 0 Å². The standard InChI is InChI=1S/C28H28N4O2S/c1-32(2)31-27(34)25-20-14-7-4-8-16-24(20)35-28(25)30-26(33)21-17-23(18-11-5-3-6-12-18)29-22-15-10-9-13-19(21)22/h3,5-6,9-13,15,17H,4,7-8,14,16H2,1-2H3,(H,30,33)(H,31,34). The Morgan fingerprint density at radius 3 is 2.46 bits per heavy atom. The number of hydrazine groups is 1. The van der Waals surface area contributed by atoms with Crippen molar-refractivity contribution < 1.29 is 9.59 Å². The first-order valence-corrected chi connectivity index (χ1v) is 12.7. The third kappa shape index (κ3) is 4.83. The Morgan fingerprint density at radius 2 is 1.66 bits per heavy atom. The topological polar surface area (TPSA) is 74.3 Å². The van der Waals surface area contributed by atoms with Crippen molar-refractivity contribution in [2.45, 2.75) is 32.1 Å². The van der Waals surface area contributed by atoms with Crippen molar-refractivity contribution in [1.29, 1.82) is 0 Å². The molecule has 2 aromatic heterocycles. The summed E-state index contributed by atoms with van der Waals surface area (Å²) >= 11 is 1.53. The van der Waals surface area contributed by atoms with Crippen molar-refractivity contribution in [2.75, 3.05) is 19.4 Å². The first-order valence-electron chi connectivity index (χ1n) is 11.9. The minimum atomic E-state index is -0.240. The Bertz CT molecular complexity index is 1400. The number of para-hydroxylation sites is 1. The maximum Gasteiger partial charge on any atom is 0.268 e. The minimum absolute atomic E-state index is 0.186. The SMILES string of the molecule is CN(C)NC(=O)c1c(NC(=O)c2cc(-c3ccccc3)nc3ccccc23)sc2c1CCCCC2. The van der Waals surface area contributed by atoms with Crippen LogP contribution in [0.25, 0.3) is 22.2 Å². The van der Waals surface area contributed by atoms with Gasteiger partial charge in [-0.3, -0.25) is 15.0 Å². The zero-order valence-electron chi connectivity index (χ0n) is 19.9.